The molecule has 0 saturated heterocycles. The topological polar surface area (TPSA) is 26.0 Å². The molecule has 2 rings (SSSR count). The van der Waals surface area contributed by atoms with E-state index in [-0.39, 0.29) is 5.02 Å². The first-order valence-electron chi connectivity index (χ1n) is 5.05. The van der Waals surface area contributed by atoms with Crippen molar-refractivity contribution in [3.63, 3.8) is 0 Å². The predicted octanol–water partition coefficient (Wildman–Crippen LogP) is 4.47. The van der Waals surface area contributed by atoms with Crippen LogP contribution < -0.4 is 5.73 Å². The lowest BCUT2D eigenvalue weighted by Crippen LogP contribution is -2.12. The molecule has 0 aliphatic heterocycles. The lowest BCUT2D eigenvalue weighted by molar-refractivity contribution is -0.137. The summed E-state index contributed by atoms with van der Waals surface area (Å²) in [6.45, 7) is 0. The molecule has 1 aromatic heterocycles. The molecule has 0 amide bonds. The Morgan fingerprint density at radius 3 is 2.44 bits per heavy atom. The van der Waals surface area contributed by atoms with Crippen LogP contribution in [-0.2, 0) is 6.18 Å². The highest BCUT2D eigenvalue weighted by Gasteiger charge is 2.33. The van der Waals surface area contributed by atoms with Crippen molar-refractivity contribution < 1.29 is 13.2 Å². The molecule has 2 N–H and O–H groups in total. The van der Waals surface area contributed by atoms with Crippen LogP contribution in [0, 0.1) is 0 Å². The third kappa shape index (κ3) is 2.68. The third-order valence-electron chi connectivity index (χ3n) is 2.51. The summed E-state index contributed by atoms with van der Waals surface area (Å²) < 4.78 is 37.6. The standard InChI is InChI=1S/C12H9ClF3NS/c13-9-6-7(3-4-8(9)12(14,15)16)11(17)10-2-1-5-18-10/h1-6,11H,17H2/t11-/m1/s1. The molecular weight excluding hydrogens is 283 g/mol. The maximum absolute atomic E-state index is 12.5. The Labute approximate surface area is 111 Å². The van der Waals surface area contributed by atoms with Crippen LogP contribution in [0.1, 0.15) is 22.0 Å². The summed E-state index contributed by atoms with van der Waals surface area (Å²) in [4.78, 5) is 0.880. The van der Waals surface area contributed by atoms with Crippen molar-refractivity contribution in [1.82, 2.24) is 0 Å². The summed E-state index contributed by atoms with van der Waals surface area (Å²) >= 11 is 7.10. The molecule has 18 heavy (non-hydrogen) atoms. The van der Waals surface area contributed by atoms with E-state index in [1.54, 1.807) is 0 Å². The first kappa shape index (κ1) is 13.4. The van der Waals surface area contributed by atoms with Crippen LogP contribution in [0.5, 0.6) is 0 Å². The quantitative estimate of drug-likeness (QED) is 0.868. The van der Waals surface area contributed by atoms with Gasteiger partial charge in [0.1, 0.15) is 0 Å². The van der Waals surface area contributed by atoms with Crippen molar-refractivity contribution in [2.75, 3.05) is 0 Å². The van der Waals surface area contributed by atoms with Gasteiger partial charge in [-0.1, -0.05) is 23.7 Å². The van der Waals surface area contributed by atoms with E-state index in [9.17, 15) is 13.2 Å². The fourth-order valence-electron chi connectivity index (χ4n) is 1.59. The van der Waals surface area contributed by atoms with E-state index in [4.69, 9.17) is 17.3 Å². The Bertz CT molecular complexity index is 537. The molecule has 0 aliphatic carbocycles. The zero-order chi connectivity index (χ0) is 13.3. The minimum Gasteiger partial charge on any atom is -0.320 e. The fourth-order valence-corrected chi connectivity index (χ4v) is 2.64. The average molecular weight is 292 g/mol. The van der Waals surface area contributed by atoms with Gasteiger partial charge in [0, 0.05) is 4.88 Å². The number of halogens is 4. The number of nitrogens with two attached hydrogens (primary N) is 1. The van der Waals surface area contributed by atoms with Gasteiger partial charge in [-0.25, -0.2) is 0 Å². The SMILES string of the molecule is N[C@H](c1ccc(C(F)(F)F)c(Cl)c1)c1cccs1. The van der Waals surface area contributed by atoms with Gasteiger partial charge in [0.25, 0.3) is 0 Å². The van der Waals surface area contributed by atoms with Crippen LogP contribution in [0.4, 0.5) is 13.2 Å². The molecule has 0 saturated carbocycles. The lowest BCUT2D eigenvalue weighted by atomic mass is 10.0. The Hall–Kier alpha value is -1.04. The minimum atomic E-state index is -4.44. The maximum Gasteiger partial charge on any atom is 0.417 e. The van der Waals surface area contributed by atoms with Gasteiger partial charge in [-0.05, 0) is 29.1 Å². The molecule has 96 valence electrons. The summed E-state index contributed by atoms with van der Waals surface area (Å²) in [5, 5.41) is 1.54. The molecule has 0 fully saturated rings. The second-order valence-electron chi connectivity index (χ2n) is 3.73. The Morgan fingerprint density at radius 2 is 1.94 bits per heavy atom. The number of alkyl halides is 3. The van der Waals surface area contributed by atoms with Crippen LogP contribution in [0.25, 0.3) is 0 Å². The molecule has 0 unspecified atom stereocenters. The van der Waals surface area contributed by atoms with E-state index in [2.05, 4.69) is 0 Å². The van der Waals surface area contributed by atoms with Crippen molar-refractivity contribution in [2.24, 2.45) is 5.73 Å². The molecule has 2 aromatic rings. The van der Waals surface area contributed by atoms with Gasteiger partial charge in [0.2, 0.25) is 0 Å². The molecule has 1 atom stereocenters. The molecule has 1 nitrogen and oxygen atoms in total. The van der Waals surface area contributed by atoms with Gasteiger partial charge in [-0.2, -0.15) is 13.2 Å². The van der Waals surface area contributed by atoms with E-state index < -0.39 is 17.8 Å². The molecule has 0 bridgehead atoms. The predicted molar refractivity (Wildman–Crippen MR) is 66.8 cm³/mol. The van der Waals surface area contributed by atoms with E-state index >= 15 is 0 Å². The summed E-state index contributed by atoms with van der Waals surface area (Å²) in [6, 6.07) is 6.82. The maximum atomic E-state index is 12.5. The first-order valence-corrected chi connectivity index (χ1v) is 6.31. The van der Waals surface area contributed by atoms with Gasteiger partial charge >= 0.3 is 6.18 Å². The van der Waals surface area contributed by atoms with Crippen LogP contribution in [-0.4, -0.2) is 0 Å². The van der Waals surface area contributed by atoms with Crippen LogP contribution >= 0.6 is 22.9 Å². The summed E-state index contributed by atoms with van der Waals surface area (Å²) in [7, 11) is 0. The van der Waals surface area contributed by atoms with Crippen molar-refractivity contribution in [1.29, 1.82) is 0 Å². The van der Waals surface area contributed by atoms with Gasteiger partial charge in [-0.15, -0.1) is 11.3 Å². The Kier molecular flexibility index (Phi) is 3.66. The molecule has 0 radical (unpaired) electrons. The molecule has 1 heterocycles. The first-order chi connectivity index (χ1) is 8.39. The largest absolute Gasteiger partial charge is 0.417 e. The molecule has 0 aliphatic rings. The average Bonchev–Trinajstić information content (AvgIpc) is 2.79. The Balaban J connectivity index is 2.35. The summed E-state index contributed by atoms with van der Waals surface area (Å²) in [5.41, 5.74) is 5.68. The normalized spacial score (nSPS) is 13.6. The van der Waals surface area contributed by atoms with Crippen molar-refractivity contribution in [3.05, 3.63) is 56.7 Å². The van der Waals surface area contributed by atoms with Crippen molar-refractivity contribution in [2.45, 2.75) is 12.2 Å². The van der Waals surface area contributed by atoms with Crippen molar-refractivity contribution >= 4 is 22.9 Å². The Morgan fingerprint density at radius 1 is 1.22 bits per heavy atom. The second-order valence-corrected chi connectivity index (χ2v) is 5.12. The van der Waals surface area contributed by atoms with Gasteiger partial charge < -0.3 is 5.73 Å². The van der Waals surface area contributed by atoms with Gasteiger partial charge in [0.15, 0.2) is 0 Å². The number of hydrogen-bond donors (Lipinski definition) is 1. The minimum absolute atomic E-state index is 0.327. The fraction of sp³-hybridized carbons (Fsp3) is 0.167. The van der Waals surface area contributed by atoms with E-state index in [1.165, 1.54) is 23.5 Å². The number of benzene rings is 1. The smallest absolute Gasteiger partial charge is 0.320 e. The zero-order valence-electron chi connectivity index (χ0n) is 9.04. The van der Waals surface area contributed by atoms with Crippen LogP contribution in [0.2, 0.25) is 5.02 Å². The summed E-state index contributed by atoms with van der Waals surface area (Å²) in [5.74, 6) is 0. The highest BCUT2D eigenvalue weighted by Crippen LogP contribution is 2.36. The van der Waals surface area contributed by atoms with E-state index in [0.29, 0.717) is 5.56 Å². The van der Waals surface area contributed by atoms with Gasteiger partial charge in [-0.3, -0.25) is 0 Å². The third-order valence-corrected chi connectivity index (χ3v) is 3.78. The van der Waals surface area contributed by atoms with E-state index in [0.717, 1.165) is 10.9 Å². The van der Waals surface area contributed by atoms with Crippen molar-refractivity contribution in [3.8, 4) is 0 Å². The number of hydrogen-bond acceptors (Lipinski definition) is 2. The second kappa shape index (κ2) is 4.91. The van der Waals surface area contributed by atoms with Crippen LogP contribution in [0.3, 0.4) is 0 Å². The highest BCUT2D eigenvalue weighted by atomic mass is 35.5. The zero-order valence-corrected chi connectivity index (χ0v) is 10.6. The number of rotatable bonds is 2. The molecule has 1 aromatic carbocycles. The van der Waals surface area contributed by atoms with E-state index in [1.807, 2.05) is 17.5 Å². The molecule has 0 spiro atoms. The molecular formula is C12H9ClF3NS. The highest BCUT2D eigenvalue weighted by molar-refractivity contribution is 7.10. The van der Waals surface area contributed by atoms with Crippen LogP contribution in [0.15, 0.2) is 35.7 Å². The number of thiophene rings is 1. The summed E-state index contributed by atoms with van der Waals surface area (Å²) in [6.07, 6.45) is -4.44. The monoisotopic (exact) mass is 291 g/mol. The molecule has 6 heteroatoms. The van der Waals surface area contributed by atoms with Gasteiger partial charge in [0.05, 0.1) is 16.6 Å². The lowest BCUT2D eigenvalue weighted by Gasteiger charge is -2.14.